The predicted octanol–water partition coefficient (Wildman–Crippen LogP) is 2.59. The molecule has 1 aliphatic heterocycles. The first-order valence-electron chi connectivity index (χ1n) is 12.8. The first-order chi connectivity index (χ1) is 18.3. The van der Waals surface area contributed by atoms with Gasteiger partial charge in [0.1, 0.15) is 0 Å². The minimum Gasteiger partial charge on any atom is -0.465 e. The minimum absolute atomic E-state index is 0.0404. The number of aromatic nitrogens is 2. The first-order valence-corrected chi connectivity index (χ1v) is 12.8. The molecule has 1 aliphatic rings. The summed E-state index contributed by atoms with van der Waals surface area (Å²) in [6, 6.07) is 12.0. The summed E-state index contributed by atoms with van der Waals surface area (Å²) >= 11 is 0. The number of fused-ring (bicyclic) bond motifs is 1. The Morgan fingerprint density at radius 3 is 2.24 bits per heavy atom. The fourth-order valence-electron chi connectivity index (χ4n) is 4.70. The smallest absolute Gasteiger partial charge is 0.337 e. The number of hydrogen-bond donors (Lipinski definition) is 1. The van der Waals surface area contributed by atoms with Gasteiger partial charge in [-0.05, 0) is 62.2 Å². The molecule has 0 atom stereocenters. The van der Waals surface area contributed by atoms with Crippen molar-refractivity contribution in [2.75, 3.05) is 38.2 Å². The Bertz CT molecular complexity index is 1450. The van der Waals surface area contributed by atoms with E-state index in [9.17, 15) is 24.0 Å². The highest BCUT2D eigenvalue weighted by atomic mass is 16.5. The molecule has 10 nitrogen and oxygen atoms in total. The number of amides is 1. The van der Waals surface area contributed by atoms with Crippen molar-refractivity contribution in [1.29, 1.82) is 0 Å². The second-order valence-corrected chi connectivity index (χ2v) is 9.42. The third-order valence-corrected chi connectivity index (χ3v) is 6.95. The molecule has 1 fully saturated rings. The molecule has 38 heavy (non-hydrogen) atoms. The highest BCUT2D eigenvalue weighted by Gasteiger charge is 2.21. The van der Waals surface area contributed by atoms with Gasteiger partial charge >= 0.3 is 11.7 Å². The summed E-state index contributed by atoms with van der Waals surface area (Å²) in [5, 5.41) is 0.321. The number of nitrogens with one attached hydrogen (secondary N) is 1. The largest absolute Gasteiger partial charge is 0.465 e. The summed E-state index contributed by atoms with van der Waals surface area (Å²) < 4.78 is 5.84. The fourth-order valence-corrected chi connectivity index (χ4v) is 4.70. The van der Waals surface area contributed by atoms with Crippen molar-refractivity contribution in [3.8, 4) is 0 Å². The average molecular weight is 521 g/mol. The van der Waals surface area contributed by atoms with Gasteiger partial charge in [-0.1, -0.05) is 6.42 Å². The van der Waals surface area contributed by atoms with Crippen LogP contribution >= 0.6 is 0 Å². The number of nitrogens with zero attached hydrogens (tertiary/aromatic N) is 3. The third kappa shape index (κ3) is 6.01. The number of benzene rings is 2. The van der Waals surface area contributed by atoms with Crippen LogP contribution in [0.25, 0.3) is 10.9 Å². The molecule has 0 bridgehead atoms. The van der Waals surface area contributed by atoms with Crippen LogP contribution in [0.1, 0.15) is 53.3 Å². The number of piperazine rings is 1. The van der Waals surface area contributed by atoms with Crippen LogP contribution in [-0.4, -0.2) is 65.4 Å². The van der Waals surface area contributed by atoms with Crippen LogP contribution in [0.15, 0.2) is 52.1 Å². The van der Waals surface area contributed by atoms with E-state index >= 15 is 0 Å². The Hall–Kier alpha value is -4.21. The van der Waals surface area contributed by atoms with Crippen LogP contribution in [-0.2, 0) is 16.1 Å². The van der Waals surface area contributed by atoms with E-state index in [1.54, 1.807) is 6.92 Å². The van der Waals surface area contributed by atoms with Crippen molar-refractivity contribution >= 4 is 34.3 Å². The van der Waals surface area contributed by atoms with Crippen molar-refractivity contribution in [1.82, 2.24) is 14.5 Å². The van der Waals surface area contributed by atoms with E-state index in [1.807, 2.05) is 29.2 Å². The van der Waals surface area contributed by atoms with Crippen LogP contribution in [0, 0.1) is 0 Å². The van der Waals surface area contributed by atoms with E-state index in [-0.39, 0.29) is 29.3 Å². The second kappa shape index (κ2) is 11.9. The third-order valence-electron chi connectivity index (χ3n) is 6.95. The standard InChI is InChI=1S/C28H32N4O6/c1-19(33)20-7-10-22(11-8-20)30-14-16-31(17-15-30)25(34)6-4-3-5-13-32-26(35)23-12-9-21(27(36)38-2)18-24(23)29-28(32)37/h7-12,18H,3-6,13-17H2,1-2H3,(H,29,37). The summed E-state index contributed by atoms with van der Waals surface area (Å²) in [6.45, 7) is 4.56. The molecule has 1 aromatic heterocycles. The van der Waals surface area contributed by atoms with Crippen LogP contribution in [0.2, 0.25) is 0 Å². The molecule has 4 rings (SSSR count). The number of unbranched alkanes of at least 4 members (excludes halogenated alkanes) is 2. The van der Waals surface area contributed by atoms with Gasteiger partial charge in [-0.15, -0.1) is 0 Å². The zero-order valence-electron chi connectivity index (χ0n) is 21.7. The van der Waals surface area contributed by atoms with E-state index in [1.165, 1.54) is 25.3 Å². The molecule has 1 N–H and O–H groups in total. The maximum absolute atomic E-state index is 12.8. The number of ketones is 1. The zero-order valence-corrected chi connectivity index (χ0v) is 21.7. The van der Waals surface area contributed by atoms with Gasteiger partial charge in [0, 0.05) is 50.4 Å². The molecule has 2 aromatic carbocycles. The van der Waals surface area contributed by atoms with E-state index < -0.39 is 17.2 Å². The van der Waals surface area contributed by atoms with Crippen LogP contribution in [0.4, 0.5) is 5.69 Å². The number of methoxy groups -OCH3 is 1. The number of hydrogen-bond acceptors (Lipinski definition) is 7. The van der Waals surface area contributed by atoms with E-state index in [4.69, 9.17) is 0 Å². The molecule has 1 saturated heterocycles. The van der Waals surface area contributed by atoms with Crippen LogP contribution in [0.5, 0.6) is 0 Å². The molecule has 10 heteroatoms. The Balaban J connectivity index is 1.23. The van der Waals surface area contributed by atoms with Crippen molar-refractivity contribution in [3.63, 3.8) is 0 Å². The Morgan fingerprint density at radius 2 is 1.58 bits per heavy atom. The van der Waals surface area contributed by atoms with Gasteiger partial charge in [0.25, 0.3) is 5.56 Å². The fraction of sp³-hybridized carbons (Fsp3) is 0.393. The number of anilines is 1. The highest BCUT2D eigenvalue weighted by molar-refractivity contribution is 5.94. The molecule has 0 unspecified atom stereocenters. The lowest BCUT2D eigenvalue weighted by atomic mass is 10.1. The Morgan fingerprint density at radius 1 is 0.895 bits per heavy atom. The van der Waals surface area contributed by atoms with Gasteiger partial charge in [0.05, 0.1) is 23.6 Å². The molecule has 0 aliphatic carbocycles. The summed E-state index contributed by atoms with van der Waals surface area (Å²) in [6.07, 6.45) is 2.40. The zero-order chi connectivity index (χ0) is 27.2. The highest BCUT2D eigenvalue weighted by Crippen LogP contribution is 2.18. The number of aromatic amines is 1. The summed E-state index contributed by atoms with van der Waals surface area (Å²) in [7, 11) is 1.26. The number of ether oxygens (including phenoxy) is 1. The maximum atomic E-state index is 12.8. The summed E-state index contributed by atoms with van der Waals surface area (Å²) in [5.41, 5.74) is 1.33. The Labute approximate surface area is 219 Å². The molecule has 0 spiro atoms. The molecule has 200 valence electrons. The van der Waals surface area contributed by atoms with Crippen molar-refractivity contribution in [2.45, 2.75) is 39.2 Å². The lowest BCUT2D eigenvalue weighted by Gasteiger charge is -2.36. The average Bonchev–Trinajstić information content (AvgIpc) is 2.93. The Kier molecular flexibility index (Phi) is 8.40. The van der Waals surface area contributed by atoms with Crippen LogP contribution in [0.3, 0.4) is 0 Å². The van der Waals surface area contributed by atoms with Crippen molar-refractivity contribution in [2.24, 2.45) is 0 Å². The molecular weight excluding hydrogens is 488 g/mol. The molecular formula is C28H32N4O6. The van der Waals surface area contributed by atoms with Crippen molar-refractivity contribution in [3.05, 3.63) is 74.4 Å². The van der Waals surface area contributed by atoms with Gasteiger partial charge in [0.2, 0.25) is 5.91 Å². The summed E-state index contributed by atoms with van der Waals surface area (Å²) in [4.78, 5) is 67.9. The van der Waals surface area contributed by atoms with E-state index in [0.717, 1.165) is 23.3 Å². The topological polar surface area (TPSA) is 122 Å². The number of H-pyrrole nitrogens is 1. The maximum Gasteiger partial charge on any atom is 0.337 e. The summed E-state index contributed by atoms with van der Waals surface area (Å²) in [5.74, 6) is -0.397. The molecule has 0 saturated carbocycles. The van der Waals surface area contributed by atoms with Gasteiger partial charge in [-0.2, -0.15) is 0 Å². The van der Waals surface area contributed by atoms with E-state index in [0.29, 0.717) is 49.7 Å². The number of esters is 1. The van der Waals surface area contributed by atoms with E-state index in [2.05, 4.69) is 14.6 Å². The minimum atomic E-state index is -0.547. The number of carbonyl (C=O) groups excluding carboxylic acids is 3. The second-order valence-electron chi connectivity index (χ2n) is 9.42. The molecule has 0 radical (unpaired) electrons. The lowest BCUT2D eigenvalue weighted by molar-refractivity contribution is -0.131. The quantitative estimate of drug-likeness (QED) is 0.261. The molecule has 1 amide bonds. The van der Waals surface area contributed by atoms with Gasteiger partial charge in [-0.25, -0.2) is 9.59 Å². The SMILES string of the molecule is COC(=O)c1ccc2c(=O)n(CCCCCC(=O)N3CCN(c4ccc(C(C)=O)cc4)CC3)c(=O)[nH]c2c1. The van der Waals surface area contributed by atoms with Gasteiger partial charge < -0.3 is 19.5 Å². The van der Waals surface area contributed by atoms with Gasteiger partial charge in [0.15, 0.2) is 5.78 Å². The number of carbonyl (C=O) groups is 3. The number of Topliss-reactive ketones (excluding diaryl/α,β-unsaturated/α-hetero) is 1. The predicted molar refractivity (Wildman–Crippen MR) is 144 cm³/mol. The molecule has 2 heterocycles. The molecule has 3 aromatic rings. The van der Waals surface area contributed by atoms with Gasteiger partial charge in [-0.3, -0.25) is 19.0 Å². The number of rotatable bonds is 9. The normalized spacial score (nSPS) is 13.5. The lowest BCUT2D eigenvalue weighted by Crippen LogP contribution is -2.48. The first kappa shape index (κ1) is 26.8. The van der Waals surface area contributed by atoms with Crippen LogP contribution < -0.4 is 16.1 Å². The van der Waals surface area contributed by atoms with Crippen molar-refractivity contribution < 1.29 is 19.1 Å². The monoisotopic (exact) mass is 520 g/mol.